The summed E-state index contributed by atoms with van der Waals surface area (Å²) in [6.45, 7) is 5.93. The standard InChI is InChI=1S/C17H21N3OS/c1-11-10-22-15(18-11)17(2,3)20-16(21)19-14-8-12-6-4-5-7-13(12)9-14/h4-7,10,14H,8-9H2,1-3H3,(H2,19,20,21). The highest BCUT2D eigenvalue weighted by atomic mass is 32.1. The average molecular weight is 315 g/mol. The summed E-state index contributed by atoms with van der Waals surface area (Å²) < 4.78 is 0. The van der Waals surface area contributed by atoms with Crippen LogP contribution in [0, 0.1) is 6.92 Å². The fourth-order valence-electron chi connectivity index (χ4n) is 2.86. The van der Waals surface area contributed by atoms with Crippen molar-refractivity contribution in [3.8, 4) is 0 Å². The molecule has 22 heavy (non-hydrogen) atoms. The third kappa shape index (κ3) is 3.14. The third-order valence-electron chi connectivity index (χ3n) is 3.97. The maximum atomic E-state index is 12.3. The smallest absolute Gasteiger partial charge is 0.315 e. The number of urea groups is 1. The van der Waals surface area contributed by atoms with Crippen molar-refractivity contribution in [2.75, 3.05) is 0 Å². The van der Waals surface area contributed by atoms with E-state index in [0.717, 1.165) is 23.5 Å². The normalized spacial score (nSPS) is 14.7. The van der Waals surface area contributed by atoms with E-state index in [1.54, 1.807) is 11.3 Å². The Kier molecular flexibility index (Phi) is 3.91. The van der Waals surface area contributed by atoms with Crippen molar-refractivity contribution in [2.24, 2.45) is 0 Å². The zero-order valence-electron chi connectivity index (χ0n) is 13.1. The Morgan fingerprint density at radius 2 is 1.91 bits per heavy atom. The van der Waals surface area contributed by atoms with Crippen LogP contribution >= 0.6 is 11.3 Å². The van der Waals surface area contributed by atoms with E-state index in [0.29, 0.717) is 0 Å². The first-order valence-corrected chi connectivity index (χ1v) is 8.40. The fourth-order valence-corrected chi connectivity index (χ4v) is 3.74. The van der Waals surface area contributed by atoms with Gasteiger partial charge in [0.05, 0.1) is 5.54 Å². The molecule has 1 aromatic heterocycles. The topological polar surface area (TPSA) is 54.0 Å². The second-order valence-electron chi connectivity index (χ2n) is 6.39. The van der Waals surface area contributed by atoms with Crippen molar-refractivity contribution in [3.05, 3.63) is 51.5 Å². The molecule has 1 aliphatic carbocycles. The Labute approximate surface area is 135 Å². The highest BCUT2D eigenvalue weighted by molar-refractivity contribution is 7.09. The number of benzene rings is 1. The lowest BCUT2D eigenvalue weighted by molar-refractivity contribution is 0.226. The van der Waals surface area contributed by atoms with Crippen LogP contribution in [0.4, 0.5) is 4.79 Å². The molecule has 0 bridgehead atoms. The van der Waals surface area contributed by atoms with Crippen LogP contribution in [0.15, 0.2) is 29.6 Å². The van der Waals surface area contributed by atoms with E-state index in [1.807, 2.05) is 26.2 Å². The number of hydrogen-bond acceptors (Lipinski definition) is 3. The van der Waals surface area contributed by atoms with Crippen molar-refractivity contribution < 1.29 is 4.79 Å². The summed E-state index contributed by atoms with van der Waals surface area (Å²) in [5, 5.41) is 9.05. The summed E-state index contributed by atoms with van der Waals surface area (Å²) >= 11 is 1.58. The van der Waals surface area contributed by atoms with Crippen LogP contribution in [-0.2, 0) is 18.4 Å². The molecule has 2 aromatic rings. The molecule has 0 fully saturated rings. The predicted molar refractivity (Wildman–Crippen MR) is 89.2 cm³/mol. The van der Waals surface area contributed by atoms with Crippen LogP contribution < -0.4 is 10.6 Å². The summed E-state index contributed by atoms with van der Waals surface area (Å²) in [5.41, 5.74) is 3.20. The third-order valence-corrected chi connectivity index (χ3v) is 5.25. The summed E-state index contributed by atoms with van der Waals surface area (Å²) in [6, 6.07) is 8.42. The Morgan fingerprint density at radius 1 is 1.27 bits per heavy atom. The van der Waals surface area contributed by atoms with Gasteiger partial charge in [0.1, 0.15) is 5.01 Å². The van der Waals surface area contributed by atoms with Gasteiger partial charge in [0.25, 0.3) is 0 Å². The quantitative estimate of drug-likeness (QED) is 0.914. The summed E-state index contributed by atoms with van der Waals surface area (Å²) in [6.07, 6.45) is 1.81. The molecule has 0 saturated carbocycles. The minimum absolute atomic E-state index is 0.129. The molecule has 2 N–H and O–H groups in total. The van der Waals surface area contributed by atoms with Gasteiger partial charge in [0, 0.05) is 17.1 Å². The van der Waals surface area contributed by atoms with Crippen molar-refractivity contribution in [1.29, 1.82) is 0 Å². The van der Waals surface area contributed by atoms with Gasteiger partial charge < -0.3 is 10.6 Å². The van der Waals surface area contributed by atoms with E-state index in [-0.39, 0.29) is 12.1 Å². The van der Waals surface area contributed by atoms with E-state index in [4.69, 9.17) is 0 Å². The number of carbonyl (C=O) groups is 1. The number of carbonyl (C=O) groups excluding carboxylic acids is 1. The first kappa shape index (κ1) is 15.0. The first-order valence-electron chi connectivity index (χ1n) is 7.52. The molecule has 1 aliphatic rings. The molecule has 116 valence electrons. The maximum Gasteiger partial charge on any atom is 0.315 e. The Bertz CT molecular complexity index is 668. The Balaban J connectivity index is 1.59. The molecule has 1 heterocycles. The molecule has 0 saturated heterocycles. The van der Waals surface area contributed by atoms with Gasteiger partial charge in [-0.2, -0.15) is 0 Å². The van der Waals surface area contributed by atoms with Crippen molar-refractivity contribution >= 4 is 17.4 Å². The minimum atomic E-state index is -0.464. The predicted octanol–water partition coefficient (Wildman–Crippen LogP) is 3.15. The second-order valence-corrected chi connectivity index (χ2v) is 7.25. The molecule has 1 aromatic carbocycles. The Hall–Kier alpha value is -1.88. The maximum absolute atomic E-state index is 12.3. The average Bonchev–Trinajstić information content (AvgIpc) is 3.03. The van der Waals surface area contributed by atoms with Crippen LogP contribution in [0.1, 0.15) is 35.7 Å². The van der Waals surface area contributed by atoms with E-state index >= 15 is 0 Å². The SMILES string of the molecule is Cc1csc(C(C)(C)NC(=O)NC2Cc3ccccc3C2)n1. The Morgan fingerprint density at radius 3 is 2.45 bits per heavy atom. The van der Waals surface area contributed by atoms with E-state index in [1.165, 1.54) is 11.1 Å². The highest BCUT2D eigenvalue weighted by Crippen LogP contribution is 2.24. The van der Waals surface area contributed by atoms with Gasteiger partial charge >= 0.3 is 6.03 Å². The first-order chi connectivity index (χ1) is 10.4. The van der Waals surface area contributed by atoms with Crippen LogP contribution in [0.2, 0.25) is 0 Å². The molecule has 0 atom stereocenters. The van der Waals surface area contributed by atoms with Gasteiger partial charge in [0.2, 0.25) is 0 Å². The molecule has 5 heteroatoms. The molecule has 0 unspecified atom stereocenters. The zero-order chi connectivity index (χ0) is 15.7. The van der Waals surface area contributed by atoms with E-state index in [9.17, 15) is 4.79 Å². The van der Waals surface area contributed by atoms with Crippen LogP contribution in [0.3, 0.4) is 0 Å². The van der Waals surface area contributed by atoms with Crippen LogP contribution in [0.5, 0.6) is 0 Å². The summed E-state index contributed by atoms with van der Waals surface area (Å²) in [7, 11) is 0. The van der Waals surface area contributed by atoms with Crippen LogP contribution in [0.25, 0.3) is 0 Å². The number of fused-ring (bicyclic) bond motifs is 1. The van der Waals surface area contributed by atoms with Gasteiger partial charge in [-0.25, -0.2) is 9.78 Å². The molecule has 0 aliphatic heterocycles. The van der Waals surface area contributed by atoms with Crippen molar-refractivity contribution in [1.82, 2.24) is 15.6 Å². The van der Waals surface area contributed by atoms with E-state index < -0.39 is 5.54 Å². The number of thiazole rings is 1. The number of hydrogen-bond donors (Lipinski definition) is 2. The van der Waals surface area contributed by atoms with Gasteiger partial charge in [-0.05, 0) is 44.7 Å². The van der Waals surface area contributed by atoms with Gasteiger partial charge in [0.15, 0.2) is 0 Å². The summed E-state index contributed by atoms with van der Waals surface area (Å²) in [4.78, 5) is 16.8. The lowest BCUT2D eigenvalue weighted by Crippen LogP contribution is -2.49. The van der Waals surface area contributed by atoms with E-state index in [2.05, 4.69) is 39.9 Å². The zero-order valence-corrected chi connectivity index (χ0v) is 14.0. The van der Waals surface area contributed by atoms with Gasteiger partial charge in [-0.15, -0.1) is 11.3 Å². The minimum Gasteiger partial charge on any atom is -0.335 e. The molecule has 0 spiro atoms. The number of rotatable bonds is 3. The second kappa shape index (κ2) is 5.72. The van der Waals surface area contributed by atoms with Crippen molar-refractivity contribution in [3.63, 3.8) is 0 Å². The number of nitrogens with zero attached hydrogens (tertiary/aromatic N) is 1. The molecule has 0 radical (unpaired) electrons. The molecule has 3 rings (SSSR count). The molecular formula is C17H21N3OS. The molecule has 2 amide bonds. The number of aromatic nitrogens is 1. The summed E-state index contributed by atoms with van der Waals surface area (Å²) in [5.74, 6) is 0. The van der Waals surface area contributed by atoms with Gasteiger partial charge in [-0.1, -0.05) is 24.3 Å². The highest BCUT2D eigenvalue weighted by Gasteiger charge is 2.28. The number of amides is 2. The fraction of sp³-hybridized carbons (Fsp3) is 0.412. The van der Waals surface area contributed by atoms with Crippen molar-refractivity contribution in [2.45, 2.75) is 45.2 Å². The monoisotopic (exact) mass is 315 g/mol. The lowest BCUT2D eigenvalue weighted by Gasteiger charge is -2.25. The molecule has 4 nitrogen and oxygen atoms in total. The van der Waals surface area contributed by atoms with Crippen LogP contribution in [-0.4, -0.2) is 17.1 Å². The molecular weight excluding hydrogens is 294 g/mol. The van der Waals surface area contributed by atoms with Gasteiger partial charge in [-0.3, -0.25) is 0 Å². The lowest BCUT2D eigenvalue weighted by atomic mass is 10.1. The largest absolute Gasteiger partial charge is 0.335 e. The number of aryl methyl sites for hydroxylation is 1. The number of nitrogens with one attached hydrogen (secondary N) is 2.